The first-order valence-corrected chi connectivity index (χ1v) is 7.03. The van der Waals surface area contributed by atoms with E-state index in [0.717, 1.165) is 6.42 Å². The SMILES string of the molecule is C#CCNC(=O)N1CCCN(C(=O)c2ccccc2)CC1. The van der Waals surface area contributed by atoms with Crippen LogP contribution >= 0.6 is 0 Å². The van der Waals surface area contributed by atoms with Gasteiger partial charge in [-0.25, -0.2) is 4.79 Å². The molecule has 1 aliphatic heterocycles. The Bertz CT molecular complexity index is 536. The zero-order valence-corrected chi connectivity index (χ0v) is 11.9. The molecule has 110 valence electrons. The first kappa shape index (κ1) is 14.9. The summed E-state index contributed by atoms with van der Waals surface area (Å²) in [6, 6.07) is 9.04. The Hall–Kier alpha value is -2.48. The summed E-state index contributed by atoms with van der Waals surface area (Å²) >= 11 is 0. The Morgan fingerprint density at radius 3 is 2.48 bits per heavy atom. The van der Waals surface area contributed by atoms with Gasteiger partial charge in [-0.15, -0.1) is 6.42 Å². The zero-order chi connectivity index (χ0) is 15.1. The number of rotatable bonds is 2. The third-order valence-electron chi connectivity index (χ3n) is 3.43. The van der Waals surface area contributed by atoms with E-state index < -0.39 is 0 Å². The molecule has 1 aliphatic rings. The number of carbonyl (C=O) groups is 2. The van der Waals surface area contributed by atoms with Gasteiger partial charge in [-0.3, -0.25) is 4.79 Å². The molecule has 3 amide bonds. The molecule has 1 aromatic carbocycles. The van der Waals surface area contributed by atoms with Crippen LogP contribution in [-0.4, -0.2) is 54.5 Å². The van der Waals surface area contributed by atoms with E-state index in [9.17, 15) is 9.59 Å². The van der Waals surface area contributed by atoms with Crippen LogP contribution in [0.2, 0.25) is 0 Å². The van der Waals surface area contributed by atoms with Crippen LogP contribution in [0.25, 0.3) is 0 Å². The van der Waals surface area contributed by atoms with Gasteiger partial charge in [0, 0.05) is 31.7 Å². The van der Waals surface area contributed by atoms with Crippen LogP contribution in [0.15, 0.2) is 30.3 Å². The molecule has 5 nitrogen and oxygen atoms in total. The van der Waals surface area contributed by atoms with Crippen LogP contribution < -0.4 is 5.32 Å². The third kappa shape index (κ3) is 3.99. The molecule has 0 unspecified atom stereocenters. The smallest absolute Gasteiger partial charge is 0.318 e. The van der Waals surface area contributed by atoms with Gasteiger partial charge < -0.3 is 15.1 Å². The van der Waals surface area contributed by atoms with Gasteiger partial charge in [0.2, 0.25) is 0 Å². The normalized spacial score (nSPS) is 15.0. The molecular formula is C16H19N3O2. The second kappa shape index (κ2) is 7.34. The maximum atomic E-state index is 12.4. The summed E-state index contributed by atoms with van der Waals surface area (Å²) < 4.78 is 0. The van der Waals surface area contributed by atoms with Crippen molar-refractivity contribution in [3.05, 3.63) is 35.9 Å². The van der Waals surface area contributed by atoms with Gasteiger partial charge in [-0.2, -0.15) is 0 Å². The van der Waals surface area contributed by atoms with Gasteiger partial charge in [0.15, 0.2) is 0 Å². The molecule has 0 aliphatic carbocycles. The number of nitrogens with zero attached hydrogens (tertiary/aromatic N) is 2. The Morgan fingerprint density at radius 2 is 1.76 bits per heavy atom. The predicted molar refractivity (Wildman–Crippen MR) is 80.8 cm³/mol. The van der Waals surface area contributed by atoms with Crippen molar-refractivity contribution < 1.29 is 9.59 Å². The van der Waals surface area contributed by atoms with Crippen molar-refractivity contribution in [3.8, 4) is 12.3 Å². The standard InChI is InChI=1S/C16H19N3O2/c1-2-9-17-16(21)19-11-6-10-18(12-13-19)15(20)14-7-4-3-5-8-14/h1,3-5,7-8H,6,9-13H2,(H,17,21). The summed E-state index contributed by atoms with van der Waals surface area (Å²) in [4.78, 5) is 27.8. The highest BCUT2D eigenvalue weighted by molar-refractivity contribution is 5.94. The lowest BCUT2D eigenvalue weighted by Crippen LogP contribution is -2.42. The van der Waals surface area contributed by atoms with Crippen LogP contribution in [0.4, 0.5) is 4.79 Å². The lowest BCUT2D eigenvalue weighted by molar-refractivity contribution is 0.0762. The molecule has 1 saturated heterocycles. The van der Waals surface area contributed by atoms with Crippen molar-refractivity contribution in [3.63, 3.8) is 0 Å². The molecule has 0 radical (unpaired) electrons. The minimum absolute atomic E-state index is 0.0153. The predicted octanol–water partition coefficient (Wildman–Crippen LogP) is 1.18. The Labute approximate surface area is 124 Å². The molecule has 0 saturated carbocycles. The number of benzene rings is 1. The highest BCUT2D eigenvalue weighted by Crippen LogP contribution is 2.09. The van der Waals surface area contributed by atoms with E-state index in [-0.39, 0.29) is 18.5 Å². The molecule has 1 fully saturated rings. The molecule has 0 atom stereocenters. The minimum Gasteiger partial charge on any atom is -0.337 e. The van der Waals surface area contributed by atoms with Gasteiger partial charge in [-0.05, 0) is 18.6 Å². The molecule has 5 heteroatoms. The van der Waals surface area contributed by atoms with E-state index in [4.69, 9.17) is 6.42 Å². The first-order valence-electron chi connectivity index (χ1n) is 7.03. The molecule has 0 spiro atoms. The van der Waals surface area contributed by atoms with Crippen molar-refractivity contribution >= 4 is 11.9 Å². The average Bonchev–Trinajstić information content (AvgIpc) is 2.79. The minimum atomic E-state index is -0.165. The highest BCUT2D eigenvalue weighted by Gasteiger charge is 2.22. The second-order valence-corrected chi connectivity index (χ2v) is 4.86. The molecule has 0 aromatic heterocycles. The van der Waals surface area contributed by atoms with Crippen molar-refractivity contribution in [2.45, 2.75) is 6.42 Å². The van der Waals surface area contributed by atoms with E-state index in [1.807, 2.05) is 30.3 Å². The fourth-order valence-electron chi connectivity index (χ4n) is 2.33. The molecule has 2 rings (SSSR count). The van der Waals surface area contributed by atoms with E-state index in [2.05, 4.69) is 11.2 Å². The van der Waals surface area contributed by atoms with Crippen LogP contribution in [0.5, 0.6) is 0 Å². The summed E-state index contributed by atoms with van der Waals surface area (Å²) in [6.07, 6.45) is 5.89. The number of hydrogen-bond donors (Lipinski definition) is 1. The quantitative estimate of drug-likeness (QED) is 0.830. The largest absolute Gasteiger partial charge is 0.337 e. The fraction of sp³-hybridized carbons (Fsp3) is 0.375. The first-order chi connectivity index (χ1) is 10.2. The molecule has 21 heavy (non-hydrogen) atoms. The molecule has 1 N–H and O–H groups in total. The van der Waals surface area contributed by atoms with Gasteiger partial charge >= 0.3 is 6.03 Å². The second-order valence-electron chi connectivity index (χ2n) is 4.86. The molecular weight excluding hydrogens is 266 g/mol. The highest BCUT2D eigenvalue weighted by atomic mass is 16.2. The Morgan fingerprint density at radius 1 is 1.10 bits per heavy atom. The van der Waals surface area contributed by atoms with E-state index in [0.29, 0.717) is 31.7 Å². The van der Waals surface area contributed by atoms with Crippen LogP contribution in [-0.2, 0) is 0 Å². The lowest BCUT2D eigenvalue weighted by atomic mass is 10.2. The van der Waals surface area contributed by atoms with Gasteiger partial charge in [0.25, 0.3) is 5.91 Å². The van der Waals surface area contributed by atoms with Crippen molar-refractivity contribution in [2.24, 2.45) is 0 Å². The van der Waals surface area contributed by atoms with Crippen molar-refractivity contribution in [1.82, 2.24) is 15.1 Å². The van der Waals surface area contributed by atoms with E-state index >= 15 is 0 Å². The van der Waals surface area contributed by atoms with Crippen LogP contribution in [0.3, 0.4) is 0 Å². The molecule has 0 bridgehead atoms. The fourth-order valence-corrected chi connectivity index (χ4v) is 2.33. The maximum absolute atomic E-state index is 12.4. The lowest BCUT2D eigenvalue weighted by Gasteiger charge is -2.22. The van der Waals surface area contributed by atoms with E-state index in [1.54, 1.807) is 9.80 Å². The Kier molecular flexibility index (Phi) is 5.22. The van der Waals surface area contributed by atoms with Gasteiger partial charge in [0.1, 0.15) is 0 Å². The van der Waals surface area contributed by atoms with Gasteiger partial charge in [-0.1, -0.05) is 24.1 Å². The zero-order valence-electron chi connectivity index (χ0n) is 11.9. The number of nitrogens with one attached hydrogen (secondary N) is 1. The monoisotopic (exact) mass is 285 g/mol. The van der Waals surface area contributed by atoms with E-state index in [1.165, 1.54) is 0 Å². The summed E-state index contributed by atoms with van der Waals surface area (Å²) in [5, 5.41) is 2.65. The maximum Gasteiger partial charge on any atom is 0.318 e. The topological polar surface area (TPSA) is 52.7 Å². The summed E-state index contributed by atoms with van der Waals surface area (Å²) in [5.41, 5.74) is 0.683. The summed E-state index contributed by atoms with van der Waals surface area (Å²) in [7, 11) is 0. The van der Waals surface area contributed by atoms with Crippen molar-refractivity contribution in [2.75, 3.05) is 32.7 Å². The molecule has 1 heterocycles. The Balaban J connectivity index is 1.93. The summed E-state index contributed by atoms with van der Waals surface area (Å²) in [6.45, 7) is 2.58. The third-order valence-corrected chi connectivity index (χ3v) is 3.43. The molecule has 1 aromatic rings. The van der Waals surface area contributed by atoms with Gasteiger partial charge in [0.05, 0.1) is 6.54 Å². The van der Waals surface area contributed by atoms with Crippen molar-refractivity contribution in [1.29, 1.82) is 0 Å². The number of hydrogen-bond acceptors (Lipinski definition) is 2. The van der Waals surface area contributed by atoms with Crippen LogP contribution in [0, 0.1) is 12.3 Å². The summed E-state index contributed by atoms with van der Waals surface area (Å²) in [5.74, 6) is 2.39. The number of terminal acetylenes is 1. The number of amides is 3. The van der Waals surface area contributed by atoms with Crippen LogP contribution in [0.1, 0.15) is 16.8 Å². The average molecular weight is 285 g/mol. The number of urea groups is 1. The number of carbonyl (C=O) groups excluding carboxylic acids is 2.